The summed E-state index contributed by atoms with van der Waals surface area (Å²) < 4.78 is 17.5. The van der Waals surface area contributed by atoms with Crippen molar-refractivity contribution in [1.29, 1.82) is 0 Å². The van der Waals surface area contributed by atoms with Crippen molar-refractivity contribution in [3.8, 4) is 0 Å². The predicted octanol–water partition coefficient (Wildman–Crippen LogP) is 13.2. The number of carbonyl (C=O) groups excluding carboxylic acids is 2. The van der Waals surface area contributed by atoms with Gasteiger partial charge in [0, 0.05) is 6.42 Å². The number of hydrogen-bond acceptors (Lipinski definition) is 10. The van der Waals surface area contributed by atoms with Crippen LogP contribution in [0.1, 0.15) is 220 Å². The Bertz CT molecular complexity index is 1550. The van der Waals surface area contributed by atoms with Gasteiger partial charge in [-0.25, -0.2) is 0 Å². The van der Waals surface area contributed by atoms with Gasteiger partial charge in [0.1, 0.15) is 24.4 Å². The second-order valence-electron chi connectivity index (χ2n) is 19.6. The van der Waals surface area contributed by atoms with E-state index in [1.807, 2.05) is 18.2 Å². The van der Waals surface area contributed by atoms with Gasteiger partial charge in [0.15, 0.2) is 12.4 Å². The first-order chi connectivity index (χ1) is 35.7. The van der Waals surface area contributed by atoms with Crippen LogP contribution in [0.2, 0.25) is 0 Å². The Balaban J connectivity index is 2.78. The lowest BCUT2D eigenvalue weighted by atomic mass is 9.99. The van der Waals surface area contributed by atoms with E-state index in [1.54, 1.807) is 6.08 Å². The fourth-order valence-corrected chi connectivity index (χ4v) is 8.38. The van der Waals surface area contributed by atoms with Crippen molar-refractivity contribution in [1.82, 2.24) is 5.32 Å². The summed E-state index contributed by atoms with van der Waals surface area (Å²) in [6, 6.07) is -1.05. The monoisotopic (exact) mass is 1020 g/mol. The average molecular weight is 1020 g/mol. The van der Waals surface area contributed by atoms with Crippen LogP contribution in [0.25, 0.3) is 0 Å². The number of hydrogen-bond donors (Lipinski definition) is 6. The zero-order chi connectivity index (χ0) is 53.3. The molecule has 11 nitrogen and oxygen atoms in total. The lowest BCUT2D eigenvalue weighted by molar-refractivity contribution is -0.305. The van der Waals surface area contributed by atoms with Crippen molar-refractivity contribution in [3.05, 3.63) is 97.2 Å². The van der Waals surface area contributed by atoms with Crippen LogP contribution in [-0.4, -0.2) is 99.6 Å². The third-order valence-electron chi connectivity index (χ3n) is 13.0. The van der Waals surface area contributed by atoms with Gasteiger partial charge in [0.25, 0.3) is 0 Å². The smallest absolute Gasteiger partial charge is 0.306 e. The number of ether oxygens (including phenoxy) is 3. The molecule has 0 saturated carbocycles. The summed E-state index contributed by atoms with van der Waals surface area (Å²) >= 11 is 0. The summed E-state index contributed by atoms with van der Waals surface area (Å²) in [5.74, 6) is -1.31. The van der Waals surface area contributed by atoms with Crippen molar-refractivity contribution in [2.75, 3.05) is 13.2 Å². The number of carbonyl (C=O) groups is 2. The van der Waals surface area contributed by atoms with Crippen LogP contribution in [0.4, 0.5) is 0 Å². The molecule has 1 saturated heterocycles. The van der Waals surface area contributed by atoms with Gasteiger partial charge in [-0.3, -0.25) is 9.59 Å². The largest absolute Gasteiger partial charge is 0.454 e. The molecule has 0 radical (unpaired) electrons. The normalized spacial score (nSPS) is 20.1. The summed E-state index contributed by atoms with van der Waals surface area (Å²) in [5, 5.41) is 56.7. The fourth-order valence-electron chi connectivity index (χ4n) is 8.38. The number of aliphatic hydroxyl groups is 5. The molecule has 1 rings (SSSR count). The highest BCUT2D eigenvalue weighted by atomic mass is 16.7. The Morgan fingerprint density at radius 1 is 0.548 bits per heavy atom. The number of allylic oxidation sites excluding steroid dienone is 15. The highest BCUT2D eigenvalue weighted by Crippen LogP contribution is 2.26. The van der Waals surface area contributed by atoms with E-state index in [4.69, 9.17) is 14.2 Å². The molecule has 11 heteroatoms. The first-order valence-corrected chi connectivity index (χ1v) is 29.0. The van der Waals surface area contributed by atoms with E-state index >= 15 is 0 Å². The second-order valence-corrected chi connectivity index (χ2v) is 19.6. The summed E-state index contributed by atoms with van der Waals surface area (Å²) in [4.78, 5) is 26.4. The predicted molar refractivity (Wildman–Crippen MR) is 301 cm³/mol. The Labute approximate surface area is 444 Å². The van der Waals surface area contributed by atoms with Crippen LogP contribution in [0.15, 0.2) is 97.2 Å². The van der Waals surface area contributed by atoms with E-state index in [1.165, 1.54) is 89.9 Å². The Morgan fingerprint density at radius 3 is 1.48 bits per heavy atom. The van der Waals surface area contributed by atoms with Gasteiger partial charge in [-0.2, -0.15) is 0 Å². The van der Waals surface area contributed by atoms with Crippen LogP contribution in [0.3, 0.4) is 0 Å². The lowest BCUT2D eigenvalue weighted by Gasteiger charge is -2.41. The molecule has 6 N–H and O–H groups in total. The molecule has 0 aromatic heterocycles. The summed E-state index contributed by atoms with van der Waals surface area (Å²) in [7, 11) is 0. The van der Waals surface area contributed by atoms with E-state index in [0.29, 0.717) is 19.3 Å². The Morgan fingerprint density at radius 2 is 0.986 bits per heavy atom. The summed E-state index contributed by atoms with van der Waals surface area (Å²) in [5.41, 5.74) is 0. The van der Waals surface area contributed by atoms with Crippen molar-refractivity contribution >= 4 is 11.9 Å². The number of unbranched alkanes of at least 4 members (excludes halogenated alkanes) is 19. The van der Waals surface area contributed by atoms with Gasteiger partial charge in [-0.05, 0) is 89.9 Å². The van der Waals surface area contributed by atoms with E-state index < -0.39 is 67.4 Å². The number of aliphatic hydroxyl groups excluding tert-OH is 5. The molecule has 0 spiro atoms. The first-order valence-electron chi connectivity index (χ1n) is 29.0. The minimum Gasteiger partial charge on any atom is -0.454 e. The lowest BCUT2D eigenvalue weighted by Crippen LogP contribution is -2.61. The number of esters is 1. The van der Waals surface area contributed by atoms with Crippen LogP contribution in [0, 0.1) is 0 Å². The molecule has 0 aromatic carbocycles. The molecule has 8 unspecified atom stereocenters. The molecule has 8 atom stereocenters. The molecule has 1 aliphatic rings. The molecule has 1 fully saturated rings. The van der Waals surface area contributed by atoms with Crippen molar-refractivity contribution in [2.45, 2.75) is 269 Å². The van der Waals surface area contributed by atoms with Gasteiger partial charge in [-0.15, -0.1) is 0 Å². The molecule has 73 heavy (non-hydrogen) atoms. The molecule has 1 aliphatic heterocycles. The maximum atomic E-state index is 13.4. The van der Waals surface area contributed by atoms with E-state index in [2.05, 4.69) is 99.0 Å². The van der Waals surface area contributed by atoms with E-state index in [9.17, 15) is 35.1 Å². The highest BCUT2D eigenvalue weighted by Gasteiger charge is 2.47. The van der Waals surface area contributed by atoms with Crippen LogP contribution in [0.5, 0.6) is 0 Å². The third-order valence-corrected chi connectivity index (χ3v) is 13.0. The standard InChI is InChI=1S/C62H105NO10/c1-4-7-10-13-16-19-22-25-26-27-28-29-30-32-35-38-41-44-47-50-57(67)73-60-59(69)58(68)56(51-64)72-62(60)71-52-53(54(65)48-45-42-39-36-33-24-21-18-15-12-9-6-3)63-61(70)55(66)49-46-43-40-37-34-31-23-20-17-14-11-8-5-2/h7,10,16,19,25-26,28-29,32,34-35,37,41,44-45,48,53-56,58-60,62,64-66,68-69H,4-6,8-9,11-15,17-18,20-24,27,30-31,33,36,38-40,42-43,46-47,49-52H2,1-3H3,(H,63,70)/b10-7-,19-16-,26-25-,29-28-,35-32-,37-34-,44-41-,48-45+. The van der Waals surface area contributed by atoms with E-state index in [0.717, 1.165) is 77.0 Å². The van der Waals surface area contributed by atoms with Crippen LogP contribution < -0.4 is 5.32 Å². The topological polar surface area (TPSA) is 175 Å². The van der Waals surface area contributed by atoms with Gasteiger partial charge >= 0.3 is 5.97 Å². The van der Waals surface area contributed by atoms with Gasteiger partial charge in [0.2, 0.25) is 5.91 Å². The van der Waals surface area contributed by atoms with Gasteiger partial charge in [-0.1, -0.05) is 221 Å². The fraction of sp³-hybridized carbons (Fsp3) is 0.710. The Kier molecular flexibility index (Phi) is 45.8. The zero-order valence-electron chi connectivity index (χ0n) is 46.0. The Hall–Kier alpha value is -3.42. The third kappa shape index (κ3) is 37.9. The summed E-state index contributed by atoms with van der Waals surface area (Å²) in [6.45, 7) is 5.60. The molecule has 1 heterocycles. The maximum absolute atomic E-state index is 13.4. The minimum atomic E-state index is -1.65. The quantitative estimate of drug-likeness (QED) is 0.0196. The second kappa shape index (κ2) is 49.5. The minimum absolute atomic E-state index is 0.00764. The van der Waals surface area contributed by atoms with Crippen LogP contribution >= 0.6 is 0 Å². The van der Waals surface area contributed by atoms with Gasteiger partial charge < -0.3 is 45.1 Å². The summed E-state index contributed by atoms with van der Waals surface area (Å²) in [6.07, 6.45) is 54.6. The molecule has 0 aliphatic carbocycles. The first kappa shape index (κ1) is 67.6. The maximum Gasteiger partial charge on any atom is 0.306 e. The number of nitrogens with one attached hydrogen (secondary N) is 1. The molecule has 1 amide bonds. The highest BCUT2D eigenvalue weighted by molar-refractivity contribution is 5.80. The SMILES string of the molecule is CC/C=C\C/C=C\C/C=C\C/C=C\C/C=C\C/C=C\CCC(=O)OC1C(OCC(NC(=O)C(O)CCCC/C=C\CCCCCCCCC)C(O)/C=C/CCCCCCCCCCCC)OC(CO)C(O)C1O. The molecular formula is C62H105NO10. The van der Waals surface area contributed by atoms with E-state index in [-0.39, 0.29) is 19.4 Å². The van der Waals surface area contributed by atoms with Crippen molar-refractivity contribution < 1.29 is 49.3 Å². The van der Waals surface area contributed by atoms with Gasteiger partial charge in [0.05, 0.1) is 25.4 Å². The van der Waals surface area contributed by atoms with Crippen molar-refractivity contribution in [3.63, 3.8) is 0 Å². The molecular weight excluding hydrogens is 919 g/mol. The molecule has 418 valence electrons. The van der Waals surface area contributed by atoms with Crippen molar-refractivity contribution in [2.24, 2.45) is 0 Å². The zero-order valence-corrected chi connectivity index (χ0v) is 46.0. The molecule has 0 aromatic rings. The number of rotatable bonds is 47. The average Bonchev–Trinajstić information content (AvgIpc) is 3.39. The molecule has 0 bridgehead atoms. The van der Waals surface area contributed by atoms with Crippen LogP contribution in [-0.2, 0) is 23.8 Å². The number of amides is 1.